The Balaban J connectivity index is 2.46. The van der Waals surface area contributed by atoms with E-state index in [9.17, 15) is 10.2 Å². The molecule has 0 bridgehead atoms. The Morgan fingerprint density at radius 2 is 1.50 bits per heavy atom. The molecule has 0 amide bonds. The Hall–Kier alpha value is -2.00. The summed E-state index contributed by atoms with van der Waals surface area (Å²) >= 11 is 3.47. The van der Waals surface area contributed by atoms with E-state index in [0.29, 0.717) is 11.1 Å². The van der Waals surface area contributed by atoms with Gasteiger partial charge in [0.15, 0.2) is 0 Å². The number of rotatable bonds is 1. The third-order valence-electron chi connectivity index (χ3n) is 4.35. The molecule has 0 fully saturated rings. The van der Waals surface area contributed by atoms with Gasteiger partial charge in [-0.2, -0.15) is 0 Å². The van der Waals surface area contributed by atoms with E-state index in [4.69, 9.17) is 0 Å². The minimum Gasteiger partial charge on any atom is -0.507 e. The molecule has 0 aromatic heterocycles. The standard InChI is InChI=1S/C19H17BrO2/c1-10-8-17(22)18(12(3)11(10)2)19-15-6-5-14(20)9-13(15)4-7-16(19)21/h4-9,21-22H,1-3H3. The molecular formula is C19H17BrO2. The van der Waals surface area contributed by atoms with Crippen LogP contribution < -0.4 is 0 Å². The van der Waals surface area contributed by atoms with Gasteiger partial charge in [-0.25, -0.2) is 0 Å². The van der Waals surface area contributed by atoms with E-state index in [-0.39, 0.29) is 11.5 Å². The molecule has 0 saturated carbocycles. The van der Waals surface area contributed by atoms with Crippen molar-refractivity contribution in [2.24, 2.45) is 0 Å². The van der Waals surface area contributed by atoms with Crippen LogP contribution in [-0.2, 0) is 0 Å². The molecule has 3 heteroatoms. The van der Waals surface area contributed by atoms with Crippen LogP contribution in [0.3, 0.4) is 0 Å². The highest BCUT2D eigenvalue weighted by molar-refractivity contribution is 9.10. The summed E-state index contributed by atoms with van der Waals surface area (Å²) in [5.74, 6) is 0.378. The van der Waals surface area contributed by atoms with E-state index >= 15 is 0 Å². The van der Waals surface area contributed by atoms with E-state index in [2.05, 4.69) is 15.9 Å². The molecule has 0 saturated heterocycles. The predicted molar refractivity (Wildman–Crippen MR) is 94.6 cm³/mol. The lowest BCUT2D eigenvalue weighted by Crippen LogP contribution is -1.93. The maximum atomic E-state index is 10.5. The second kappa shape index (κ2) is 5.33. The Labute approximate surface area is 138 Å². The summed E-state index contributed by atoms with van der Waals surface area (Å²) in [6, 6.07) is 11.2. The van der Waals surface area contributed by atoms with Crippen LogP contribution in [0.4, 0.5) is 0 Å². The quantitative estimate of drug-likeness (QED) is 0.595. The molecule has 3 aromatic carbocycles. The van der Waals surface area contributed by atoms with Gasteiger partial charge in [-0.3, -0.25) is 0 Å². The molecule has 2 N–H and O–H groups in total. The number of halogens is 1. The molecule has 0 spiro atoms. The van der Waals surface area contributed by atoms with Crippen molar-refractivity contribution in [3.63, 3.8) is 0 Å². The highest BCUT2D eigenvalue weighted by atomic mass is 79.9. The second-order valence-electron chi connectivity index (χ2n) is 5.66. The third kappa shape index (κ3) is 2.26. The average molecular weight is 357 g/mol. The smallest absolute Gasteiger partial charge is 0.124 e. The molecule has 0 heterocycles. The van der Waals surface area contributed by atoms with Gasteiger partial charge in [0.05, 0.1) is 0 Å². The topological polar surface area (TPSA) is 40.5 Å². The SMILES string of the molecule is Cc1cc(O)c(-c2c(O)ccc3cc(Br)ccc23)c(C)c1C. The molecular weight excluding hydrogens is 340 g/mol. The highest BCUT2D eigenvalue weighted by Crippen LogP contribution is 2.44. The van der Waals surface area contributed by atoms with Crippen LogP contribution in [0.25, 0.3) is 21.9 Å². The fourth-order valence-corrected chi connectivity index (χ4v) is 3.31. The monoisotopic (exact) mass is 356 g/mol. The molecule has 3 rings (SSSR count). The van der Waals surface area contributed by atoms with Gasteiger partial charge in [0.2, 0.25) is 0 Å². The van der Waals surface area contributed by atoms with Crippen LogP contribution in [0.2, 0.25) is 0 Å². The first-order valence-corrected chi connectivity index (χ1v) is 7.91. The number of aromatic hydroxyl groups is 2. The second-order valence-corrected chi connectivity index (χ2v) is 6.58. The molecule has 22 heavy (non-hydrogen) atoms. The molecule has 3 aromatic rings. The maximum Gasteiger partial charge on any atom is 0.124 e. The van der Waals surface area contributed by atoms with Gasteiger partial charge in [-0.05, 0) is 72.5 Å². The van der Waals surface area contributed by atoms with Crippen molar-refractivity contribution in [2.75, 3.05) is 0 Å². The van der Waals surface area contributed by atoms with Gasteiger partial charge in [-0.1, -0.05) is 28.1 Å². The van der Waals surface area contributed by atoms with Gasteiger partial charge < -0.3 is 10.2 Å². The van der Waals surface area contributed by atoms with Crippen molar-refractivity contribution in [2.45, 2.75) is 20.8 Å². The highest BCUT2D eigenvalue weighted by Gasteiger charge is 2.18. The largest absolute Gasteiger partial charge is 0.507 e. The summed E-state index contributed by atoms with van der Waals surface area (Å²) in [6.45, 7) is 5.99. The number of hydrogen-bond acceptors (Lipinski definition) is 2. The first-order chi connectivity index (χ1) is 10.4. The molecule has 0 unspecified atom stereocenters. The Morgan fingerprint density at radius 3 is 2.23 bits per heavy atom. The van der Waals surface area contributed by atoms with Gasteiger partial charge in [0, 0.05) is 15.6 Å². The number of fused-ring (bicyclic) bond motifs is 1. The van der Waals surface area contributed by atoms with E-state index in [1.165, 1.54) is 0 Å². The van der Waals surface area contributed by atoms with Gasteiger partial charge >= 0.3 is 0 Å². The van der Waals surface area contributed by atoms with Crippen molar-refractivity contribution in [3.05, 3.63) is 57.6 Å². The summed E-state index contributed by atoms with van der Waals surface area (Å²) in [5, 5.41) is 22.8. The maximum absolute atomic E-state index is 10.5. The molecule has 0 aliphatic carbocycles. The summed E-state index contributed by atoms with van der Waals surface area (Å²) in [4.78, 5) is 0. The van der Waals surface area contributed by atoms with Crippen molar-refractivity contribution >= 4 is 26.7 Å². The normalized spacial score (nSPS) is 11.1. The van der Waals surface area contributed by atoms with Crippen molar-refractivity contribution in [1.29, 1.82) is 0 Å². The van der Waals surface area contributed by atoms with Crippen LogP contribution in [-0.4, -0.2) is 10.2 Å². The number of phenolic OH excluding ortho intramolecular Hbond substituents is 2. The van der Waals surface area contributed by atoms with E-state index in [0.717, 1.165) is 31.9 Å². The minimum absolute atomic E-state index is 0.177. The summed E-state index contributed by atoms with van der Waals surface area (Å²) < 4.78 is 0.984. The zero-order valence-corrected chi connectivity index (χ0v) is 14.3. The first kappa shape index (κ1) is 14.9. The van der Waals surface area contributed by atoms with Gasteiger partial charge in [0.25, 0.3) is 0 Å². The Kier molecular flexibility index (Phi) is 3.61. The van der Waals surface area contributed by atoms with Gasteiger partial charge in [0.1, 0.15) is 11.5 Å². The zero-order chi connectivity index (χ0) is 16.0. The Morgan fingerprint density at radius 1 is 0.773 bits per heavy atom. The van der Waals surface area contributed by atoms with Crippen molar-refractivity contribution in [1.82, 2.24) is 0 Å². The predicted octanol–water partition coefficient (Wildman–Crippen LogP) is 5.61. The van der Waals surface area contributed by atoms with E-state index < -0.39 is 0 Å². The number of aryl methyl sites for hydroxylation is 1. The molecule has 0 aliphatic rings. The lowest BCUT2D eigenvalue weighted by Gasteiger charge is -2.17. The number of hydrogen-bond donors (Lipinski definition) is 2. The van der Waals surface area contributed by atoms with Crippen LogP contribution in [0.15, 0.2) is 40.9 Å². The summed E-state index contributed by atoms with van der Waals surface area (Å²) in [5.41, 5.74) is 4.54. The van der Waals surface area contributed by atoms with Crippen molar-refractivity contribution in [3.8, 4) is 22.6 Å². The fourth-order valence-electron chi connectivity index (χ4n) is 2.93. The summed E-state index contributed by atoms with van der Waals surface area (Å²) in [7, 11) is 0. The van der Waals surface area contributed by atoms with Crippen LogP contribution in [0.1, 0.15) is 16.7 Å². The fraction of sp³-hybridized carbons (Fsp3) is 0.158. The molecule has 0 atom stereocenters. The molecule has 112 valence electrons. The number of phenols is 2. The average Bonchev–Trinajstić information content (AvgIpc) is 2.47. The zero-order valence-electron chi connectivity index (χ0n) is 12.7. The van der Waals surface area contributed by atoms with Crippen LogP contribution in [0.5, 0.6) is 11.5 Å². The lowest BCUT2D eigenvalue weighted by molar-refractivity contribution is 0.469. The Bertz CT molecular complexity index is 898. The summed E-state index contributed by atoms with van der Waals surface area (Å²) in [6.07, 6.45) is 0. The van der Waals surface area contributed by atoms with Gasteiger partial charge in [-0.15, -0.1) is 0 Å². The molecule has 0 aliphatic heterocycles. The molecule has 0 radical (unpaired) electrons. The molecule has 2 nitrogen and oxygen atoms in total. The third-order valence-corrected chi connectivity index (χ3v) is 4.84. The lowest BCUT2D eigenvalue weighted by atomic mass is 9.89. The first-order valence-electron chi connectivity index (χ1n) is 7.11. The van der Waals surface area contributed by atoms with E-state index in [1.807, 2.05) is 45.0 Å². The van der Waals surface area contributed by atoms with E-state index in [1.54, 1.807) is 12.1 Å². The van der Waals surface area contributed by atoms with Crippen LogP contribution in [0, 0.1) is 20.8 Å². The van der Waals surface area contributed by atoms with Crippen LogP contribution >= 0.6 is 15.9 Å². The number of benzene rings is 3. The van der Waals surface area contributed by atoms with Crippen molar-refractivity contribution < 1.29 is 10.2 Å². The minimum atomic E-state index is 0.177.